The van der Waals surface area contributed by atoms with Gasteiger partial charge in [-0.15, -0.1) is 0 Å². The van der Waals surface area contributed by atoms with Crippen LogP contribution >= 0.6 is 0 Å². The number of aryl methyl sites for hydroxylation is 2. The normalized spacial score (nSPS) is 10.2. The molecule has 2 rings (SSSR count). The molecule has 0 saturated carbocycles. The number of aromatic carboxylic acids is 1. The highest BCUT2D eigenvalue weighted by Gasteiger charge is 2.13. The first kappa shape index (κ1) is 13.0. The highest BCUT2D eigenvalue weighted by Crippen LogP contribution is 2.25. The minimum Gasteiger partial charge on any atom is -0.477 e. The molecule has 0 radical (unpaired) electrons. The zero-order chi connectivity index (χ0) is 13.8. The number of rotatable bonds is 4. The Bertz CT molecular complexity index is 611. The molecule has 0 aliphatic rings. The molecule has 1 aromatic carbocycles. The van der Waals surface area contributed by atoms with Gasteiger partial charge in [0.05, 0.1) is 0 Å². The molecule has 0 amide bonds. The molecule has 0 spiro atoms. The van der Waals surface area contributed by atoms with Crippen LogP contribution in [0.15, 0.2) is 30.7 Å². The van der Waals surface area contributed by atoms with Gasteiger partial charge < -0.3 is 10.4 Å². The number of nitrogens with one attached hydrogen (secondary N) is 1. The molecule has 98 valence electrons. The van der Waals surface area contributed by atoms with Crippen molar-refractivity contribution in [2.24, 2.45) is 0 Å². The zero-order valence-electron chi connectivity index (χ0n) is 10.8. The summed E-state index contributed by atoms with van der Waals surface area (Å²) < 4.78 is 0. The van der Waals surface area contributed by atoms with E-state index < -0.39 is 5.97 Å². The van der Waals surface area contributed by atoms with E-state index in [1.54, 1.807) is 0 Å². The van der Waals surface area contributed by atoms with Gasteiger partial charge in [-0.25, -0.2) is 14.8 Å². The van der Waals surface area contributed by atoms with Gasteiger partial charge in [-0.05, 0) is 24.5 Å². The van der Waals surface area contributed by atoms with Crippen molar-refractivity contribution >= 4 is 17.5 Å². The summed E-state index contributed by atoms with van der Waals surface area (Å²) in [5, 5.41) is 12.2. The van der Waals surface area contributed by atoms with Crippen LogP contribution in [0.25, 0.3) is 0 Å². The smallest absolute Gasteiger partial charge is 0.341 e. The Morgan fingerprint density at radius 2 is 2.21 bits per heavy atom. The van der Waals surface area contributed by atoms with Crippen LogP contribution in [0.1, 0.15) is 28.4 Å². The molecule has 0 saturated heterocycles. The molecular formula is C14H15N3O2. The van der Waals surface area contributed by atoms with Crippen LogP contribution in [0.3, 0.4) is 0 Å². The van der Waals surface area contributed by atoms with Crippen molar-refractivity contribution < 1.29 is 9.90 Å². The Balaban J connectivity index is 2.45. The number of anilines is 2. The molecule has 0 aliphatic heterocycles. The van der Waals surface area contributed by atoms with Crippen molar-refractivity contribution in [1.29, 1.82) is 0 Å². The van der Waals surface area contributed by atoms with Gasteiger partial charge >= 0.3 is 5.97 Å². The minimum absolute atomic E-state index is 0.0628. The first-order valence-corrected chi connectivity index (χ1v) is 6.02. The van der Waals surface area contributed by atoms with E-state index in [0.29, 0.717) is 5.82 Å². The summed E-state index contributed by atoms with van der Waals surface area (Å²) in [5.74, 6) is -0.735. The number of aromatic nitrogens is 2. The van der Waals surface area contributed by atoms with Crippen molar-refractivity contribution in [1.82, 2.24) is 9.97 Å². The largest absolute Gasteiger partial charge is 0.477 e. The third kappa shape index (κ3) is 2.70. The van der Waals surface area contributed by atoms with Crippen molar-refractivity contribution in [3.05, 3.63) is 47.4 Å². The summed E-state index contributed by atoms with van der Waals surface area (Å²) >= 11 is 0. The maximum Gasteiger partial charge on any atom is 0.341 e. The van der Waals surface area contributed by atoms with Gasteiger partial charge in [0.1, 0.15) is 17.7 Å². The summed E-state index contributed by atoms with van der Waals surface area (Å²) in [6, 6.07) is 5.97. The predicted molar refractivity (Wildman–Crippen MR) is 72.8 cm³/mol. The lowest BCUT2D eigenvalue weighted by molar-refractivity contribution is 0.0697. The predicted octanol–water partition coefficient (Wildman–Crippen LogP) is 2.79. The number of carboxylic acids is 1. The van der Waals surface area contributed by atoms with Crippen LogP contribution in [0, 0.1) is 6.92 Å². The second-order valence-corrected chi connectivity index (χ2v) is 4.18. The Kier molecular flexibility index (Phi) is 3.75. The monoisotopic (exact) mass is 257 g/mol. The molecule has 5 heteroatoms. The SMILES string of the molecule is CCc1cccc(C)c1Nc1ncncc1C(=O)O. The van der Waals surface area contributed by atoms with Crippen molar-refractivity contribution in [3.63, 3.8) is 0 Å². The maximum absolute atomic E-state index is 11.1. The van der Waals surface area contributed by atoms with Gasteiger partial charge in [0, 0.05) is 11.9 Å². The summed E-state index contributed by atoms with van der Waals surface area (Å²) in [4.78, 5) is 18.9. The van der Waals surface area contributed by atoms with Crippen LogP contribution in [0.2, 0.25) is 0 Å². The lowest BCUT2D eigenvalue weighted by Crippen LogP contribution is -2.07. The number of carbonyl (C=O) groups is 1. The van der Waals surface area contributed by atoms with E-state index in [0.717, 1.165) is 23.2 Å². The minimum atomic E-state index is -1.05. The van der Waals surface area contributed by atoms with E-state index in [9.17, 15) is 4.79 Å². The van der Waals surface area contributed by atoms with Gasteiger partial charge in [0.15, 0.2) is 0 Å². The topological polar surface area (TPSA) is 75.1 Å². The summed E-state index contributed by atoms with van der Waals surface area (Å²) in [6.45, 7) is 4.03. The molecule has 2 N–H and O–H groups in total. The second kappa shape index (κ2) is 5.48. The first-order valence-electron chi connectivity index (χ1n) is 6.02. The number of benzene rings is 1. The lowest BCUT2D eigenvalue weighted by atomic mass is 10.1. The number of nitrogens with zero attached hydrogens (tertiary/aromatic N) is 2. The standard InChI is InChI=1S/C14H15N3O2/c1-3-10-6-4-5-9(2)12(10)17-13-11(14(18)19)7-15-8-16-13/h4-8H,3H2,1-2H3,(H,18,19)(H,15,16,17). The molecule has 0 atom stereocenters. The molecule has 0 bridgehead atoms. The molecule has 0 unspecified atom stereocenters. The lowest BCUT2D eigenvalue weighted by Gasteiger charge is -2.14. The van der Waals surface area contributed by atoms with Crippen LogP contribution in [-0.4, -0.2) is 21.0 Å². The van der Waals surface area contributed by atoms with E-state index in [1.807, 2.05) is 25.1 Å². The summed E-state index contributed by atoms with van der Waals surface area (Å²) in [7, 11) is 0. The third-order valence-corrected chi connectivity index (χ3v) is 2.93. The molecule has 0 aliphatic carbocycles. The second-order valence-electron chi connectivity index (χ2n) is 4.18. The van der Waals surface area contributed by atoms with Crippen LogP contribution < -0.4 is 5.32 Å². The van der Waals surface area contributed by atoms with Crippen molar-refractivity contribution in [3.8, 4) is 0 Å². The van der Waals surface area contributed by atoms with Crippen LogP contribution in [0.4, 0.5) is 11.5 Å². The van der Waals surface area contributed by atoms with Crippen molar-refractivity contribution in [2.45, 2.75) is 20.3 Å². The number of hydrogen-bond acceptors (Lipinski definition) is 4. The molecule has 2 aromatic rings. The Morgan fingerprint density at radius 3 is 2.89 bits per heavy atom. The fourth-order valence-electron chi connectivity index (χ4n) is 1.91. The molecular weight excluding hydrogens is 242 g/mol. The molecule has 1 heterocycles. The zero-order valence-corrected chi connectivity index (χ0v) is 10.8. The van der Waals surface area contributed by atoms with E-state index in [4.69, 9.17) is 5.11 Å². The summed E-state index contributed by atoms with van der Waals surface area (Å²) in [5.41, 5.74) is 3.14. The Hall–Kier alpha value is -2.43. The number of hydrogen-bond donors (Lipinski definition) is 2. The van der Waals surface area contributed by atoms with Gasteiger partial charge in [-0.3, -0.25) is 0 Å². The van der Waals surface area contributed by atoms with Crippen LogP contribution in [-0.2, 0) is 6.42 Å². The highest BCUT2D eigenvalue weighted by atomic mass is 16.4. The van der Waals surface area contributed by atoms with Crippen molar-refractivity contribution in [2.75, 3.05) is 5.32 Å². The molecule has 5 nitrogen and oxygen atoms in total. The van der Waals surface area contributed by atoms with E-state index >= 15 is 0 Å². The Morgan fingerprint density at radius 1 is 1.42 bits per heavy atom. The van der Waals surface area contributed by atoms with E-state index in [1.165, 1.54) is 12.5 Å². The first-order chi connectivity index (χ1) is 9.13. The Labute approximate surface area is 111 Å². The maximum atomic E-state index is 11.1. The number of carboxylic acid groups (broad SMARTS) is 1. The van der Waals surface area contributed by atoms with E-state index in [-0.39, 0.29) is 5.56 Å². The number of para-hydroxylation sites is 1. The average Bonchev–Trinajstić information content (AvgIpc) is 2.41. The molecule has 0 fully saturated rings. The van der Waals surface area contributed by atoms with Gasteiger partial charge in [0.25, 0.3) is 0 Å². The molecule has 19 heavy (non-hydrogen) atoms. The fraction of sp³-hybridized carbons (Fsp3) is 0.214. The van der Waals surface area contributed by atoms with Crippen LogP contribution in [0.5, 0.6) is 0 Å². The molecule has 1 aromatic heterocycles. The van der Waals surface area contributed by atoms with E-state index in [2.05, 4.69) is 22.2 Å². The third-order valence-electron chi connectivity index (χ3n) is 2.93. The van der Waals surface area contributed by atoms with Gasteiger partial charge in [-0.2, -0.15) is 0 Å². The highest BCUT2D eigenvalue weighted by molar-refractivity contribution is 5.93. The van der Waals surface area contributed by atoms with Gasteiger partial charge in [0.2, 0.25) is 0 Å². The summed E-state index contributed by atoms with van der Waals surface area (Å²) in [6.07, 6.45) is 3.48. The average molecular weight is 257 g/mol. The quantitative estimate of drug-likeness (QED) is 0.880. The fourth-order valence-corrected chi connectivity index (χ4v) is 1.91. The van der Waals surface area contributed by atoms with Gasteiger partial charge in [-0.1, -0.05) is 25.1 Å².